The lowest BCUT2D eigenvalue weighted by Gasteiger charge is -2.44. The van der Waals surface area contributed by atoms with Crippen LogP contribution in [0, 0.1) is 0 Å². The van der Waals surface area contributed by atoms with Crippen LogP contribution in [0.2, 0.25) is 16.6 Å². The predicted octanol–water partition coefficient (Wildman–Crippen LogP) is 3.26. The summed E-state index contributed by atoms with van der Waals surface area (Å²) in [6.45, 7) is 14.4. The molecule has 6 nitrogen and oxygen atoms in total. The highest BCUT2D eigenvalue weighted by Gasteiger charge is 2.48. The SMILES string of the molecule is CC(C)[Si](OCC1(c2c[nH]c(=O)[nH]c2=O)CCCO1)(C(C)C)C(C)C. The largest absolute Gasteiger partial charge is 0.413 e. The Kier molecular flexibility index (Phi) is 6.12. The molecule has 1 fully saturated rings. The van der Waals surface area contributed by atoms with E-state index in [2.05, 4.69) is 51.5 Å². The van der Waals surface area contributed by atoms with E-state index in [-0.39, 0.29) is 5.56 Å². The Morgan fingerprint density at radius 3 is 2.20 bits per heavy atom. The van der Waals surface area contributed by atoms with Gasteiger partial charge < -0.3 is 14.1 Å². The summed E-state index contributed by atoms with van der Waals surface area (Å²) in [7, 11) is -2.07. The third-order valence-corrected chi connectivity index (χ3v) is 11.7. The standard InChI is InChI=1S/C18H32N2O4Si/c1-12(2)25(13(3)4,14(5)6)24-11-18(8-7-9-23-18)15-10-19-17(22)20-16(15)21/h10,12-14H,7-9,11H2,1-6H3,(H2,19,20,21,22). The summed E-state index contributed by atoms with van der Waals surface area (Å²) in [5.41, 5.74) is 0.177. The van der Waals surface area contributed by atoms with Gasteiger partial charge in [-0.2, -0.15) is 0 Å². The van der Waals surface area contributed by atoms with Gasteiger partial charge in [-0.25, -0.2) is 4.79 Å². The van der Waals surface area contributed by atoms with Gasteiger partial charge in [0, 0.05) is 12.8 Å². The first-order valence-corrected chi connectivity index (χ1v) is 11.4. The van der Waals surface area contributed by atoms with E-state index in [0.717, 1.165) is 12.8 Å². The third-order valence-electron chi connectivity index (χ3n) is 5.68. The molecule has 0 spiro atoms. The van der Waals surface area contributed by atoms with Crippen molar-refractivity contribution in [1.29, 1.82) is 0 Å². The van der Waals surface area contributed by atoms with Crippen LogP contribution >= 0.6 is 0 Å². The zero-order valence-electron chi connectivity index (χ0n) is 16.3. The van der Waals surface area contributed by atoms with Crippen LogP contribution in [-0.4, -0.2) is 31.5 Å². The minimum atomic E-state index is -2.07. The lowest BCUT2D eigenvalue weighted by molar-refractivity contribution is -0.0411. The molecule has 0 bridgehead atoms. The second kappa shape index (κ2) is 7.59. The van der Waals surface area contributed by atoms with Gasteiger partial charge in [-0.15, -0.1) is 0 Å². The molecule has 7 heteroatoms. The predicted molar refractivity (Wildman–Crippen MR) is 102 cm³/mol. The van der Waals surface area contributed by atoms with Gasteiger partial charge in [0.05, 0.1) is 12.2 Å². The molecule has 1 saturated heterocycles. The summed E-state index contributed by atoms with van der Waals surface area (Å²) in [6.07, 6.45) is 3.08. The second-order valence-electron chi connectivity index (χ2n) is 8.04. The first kappa shape index (κ1) is 20.1. The Hall–Kier alpha value is -1.18. The van der Waals surface area contributed by atoms with Crippen LogP contribution in [0.1, 0.15) is 59.9 Å². The summed E-state index contributed by atoms with van der Waals surface area (Å²) in [6, 6.07) is 0. The normalized spacial score (nSPS) is 21.6. The Labute approximate surface area is 150 Å². The van der Waals surface area contributed by atoms with E-state index in [4.69, 9.17) is 9.16 Å². The van der Waals surface area contributed by atoms with E-state index in [1.165, 1.54) is 6.20 Å². The summed E-state index contributed by atoms with van der Waals surface area (Å²) >= 11 is 0. The molecule has 2 N–H and O–H groups in total. The Morgan fingerprint density at radius 1 is 1.16 bits per heavy atom. The monoisotopic (exact) mass is 368 g/mol. The van der Waals surface area contributed by atoms with Crippen LogP contribution < -0.4 is 11.2 Å². The minimum absolute atomic E-state index is 0.364. The van der Waals surface area contributed by atoms with Gasteiger partial charge in [0.1, 0.15) is 5.60 Å². The smallest absolute Gasteiger partial charge is 0.325 e. The van der Waals surface area contributed by atoms with Gasteiger partial charge in [0.15, 0.2) is 8.32 Å². The van der Waals surface area contributed by atoms with Crippen molar-refractivity contribution in [2.75, 3.05) is 13.2 Å². The Bertz CT molecular complexity index is 665. The average molecular weight is 369 g/mol. The van der Waals surface area contributed by atoms with Crippen LogP contribution in [0.15, 0.2) is 15.8 Å². The second-order valence-corrected chi connectivity index (χ2v) is 13.5. The molecular weight excluding hydrogens is 336 g/mol. The van der Waals surface area contributed by atoms with E-state index in [9.17, 15) is 9.59 Å². The maximum absolute atomic E-state index is 12.4. The Morgan fingerprint density at radius 2 is 1.76 bits per heavy atom. The molecule has 2 rings (SSSR count). The number of hydrogen-bond acceptors (Lipinski definition) is 4. The quantitative estimate of drug-likeness (QED) is 0.724. The van der Waals surface area contributed by atoms with Crippen LogP contribution in [0.4, 0.5) is 0 Å². The first-order valence-electron chi connectivity index (χ1n) is 9.26. The number of aromatic amines is 2. The van der Waals surface area contributed by atoms with E-state index in [1.54, 1.807) is 0 Å². The molecule has 0 aliphatic carbocycles. The van der Waals surface area contributed by atoms with Gasteiger partial charge >= 0.3 is 5.69 Å². The molecule has 0 amide bonds. The molecule has 1 unspecified atom stereocenters. The number of rotatable bonds is 7. The van der Waals surface area contributed by atoms with E-state index in [1.807, 2.05) is 0 Å². The van der Waals surface area contributed by atoms with Gasteiger partial charge in [0.2, 0.25) is 0 Å². The fourth-order valence-corrected chi connectivity index (χ4v) is 10.1. The summed E-state index contributed by atoms with van der Waals surface area (Å²) < 4.78 is 12.7. The Balaban J connectivity index is 2.39. The molecule has 2 heterocycles. The van der Waals surface area contributed by atoms with E-state index >= 15 is 0 Å². The van der Waals surface area contributed by atoms with Crippen LogP contribution in [0.25, 0.3) is 0 Å². The van der Waals surface area contributed by atoms with Gasteiger partial charge in [-0.1, -0.05) is 41.5 Å². The van der Waals surface area contributed by atoms with Crippen LogP contribution in [0.3, 0.4) is 0 Å². The maximum atomic E-state index is 12.4. The fraction of sp³-hybridized carbons (Fsp3) is 0.778. The van der Waals surface area contributed by atoms with Gasteiger partial charge in [-0.3, -0.25) is 9.78 Å². The molecule has 0 saturated carbocycles. The number of hydrogen-bond donors (Lipinski definition) is 2. The first-order chi connectivity index (χ1) is 11.7. The zero-order valence-corrected chi connectivity index (χ0v) is 17.3. The molecule has 25 heavy (non-hydrogen) atoms. The molecule has 1 aromatic heterocycles. The number of nitrogens with one attached hydrogen (secondary N) is 2. The van der Waals surface area contributed by atoms with Crippen molar-refractivity contribution in [2.45, 2.75) is 76.6 Å². The van der Waals surface area contributed by atoms with Crippen LogP contribution in [-0.2, 0) is 14.8 Å². The molecule has 1 aliphatic rings. The third kappa shape index (κ3) is 3.68. The van der Waals surface area contributed by atoms with Crippen molar-refractivity contribution < 1.29 is 9.16 Å². The molecule has 142 valence electrons. The van der Waals surface area contributed by atoms with Crippen molar-refractivity contribution in [3.05, 3.63) is 32.6 Å². The topological polar surface area (TPSA) is 84.2 Å². The highest BCUT2D eigenvalue weighted by atomic mass is 28.4. The molecule has 0 aromatic carbocycles. The van der Waals surface area contributed by atoms with Crippen molar-refractivity contribution in [3.8, 4) is 0 Å². The minimum Gasteiger partial charge on any atom is -0.413 e. The highest BCUT2D eigenvalue weighted by molar-refractivity contribution is 6.77. The van der Waals surface area contributed by atoms with Crippen molar-refractivity contribution in [3.63, 3.8) is 0 Å². The van der Waals surface area contributed by atoms with E-state index in [0.29, 0.717) is 35.4 Å². The fourth-order valence-electron chi connectivity index (χ4n) is 4.59. The van der Waals surface area contributed by atoms with Crippen molar-refractivity contribution in [2.24, 2.45) is 0 Å². The molecular formula is C18H32N2O4Si. The zero-order chi connectivity index (χ0) is 18.8. The van der Waals surface area contributed by atoms with E-state index < -0.39 is 19.6 Å². The van der Waals surface area contributed by atoms with Crippen molar-refractivity contribution in [1.82, 2.24) is 9.97 Å². The summed E-state index contributed by atoms with van der Waals surface area (Å²) in [5, 5.41) is 0. The molecule has 1 aliphatic heterocycles. The highest BCUT2D eigenvalue weighted by Crippen LogP contribution is 2.44. The molecule has 0 radical (unpaired) electrons. The number of H-pyrrole nitrogens is 2. The van der Waals surface area contributed by atoms with Crippen molar-refractivity contribution >= 4 is 8.32 Å². The van der Waals surface area contributed by atoms with Crippen LogP contribution in [0.5, 0.6) is 0 Å². The molecule has 1 aromatic rings. The van der Waals surface area contributed by atoms with Gasteiger partial charge in [-0.05, 0) is 29.5 Å². The number of ether oxygens (including phenoxy) is 1. The van der Waals surface area contributed by atoms with Gasteiger partial charge in [0.25, 0.3) is 5.56 Å². The lowest BCUT2D eigenvalue weighted by atomic mass is 9.94. The maximum Gasteiger partial charge on any atom is 0.325 e. The average Bonchev–Trinajstić information content (AvgIpc) is 2.96. The summed E-state index contributed by atoms with van der Waals surface area (Å²) in [4.78, 5) is 28.6. The lowest BCUT2D eigenvalue weighted by Crippen LogP contribution is -2.51. The molecule has 1 atom stereocenters. The number of aromatic nitrogens is 2. The summed E-state index contributed by atoms with van der Waals surface area (Å²) in [5.74, 6) is 0.